The largest absolute Gasteiger partial charge is 0.385 e. The van der Waals surface area contributed by atoms with Crippen LogP contribution in [0.25, 0.3) is 0 Å². The number of anilines is 1. The van der Waals surface area contributed by atoms with Gasteiger partial charge in [0.2, 0.25) is 0 Å². The lowest BCUT2D eigenvalue weighted by Crippen LogP contribution is -2.09. The molecule has 1 rings (SSSR count). The lowest BCUT2D eigenvalue weighted by molar-refractivity contribution is 0.430. The Morgan fingerprint density at radius 1 is 1.33 bits per heavy atom. The van der Waals surface area contributed by atoms with Gasteiger partial charge in [-0.3, -0.25) is 0 Å². The maximum atomic E-state index is 8.92. The second-order valence-corrected chi connectivity index (χ2v) is 5.78. The van der Waals surface area contributed by atoms with Crippen molar-refractivity contribution in [2.45, 2.75) is 40.0 Å². The zero-order valence-electron chi connectivity index (χ0n) is 11.4. The van der Waals surface area contributed by atoms with Gasteiger partial charge in [0.1, 0.15) is 0 Å². The van der Waals surface area contributed by atoms with Crippen molar-refractivity contribution in [3.63, 3.8) is 0 Å². The highest BCUT2D eigenvalue weighted by Gasteiger charge is 2.15. The first-order valence-electron chi connectivity index (χ1n) is 6.36. The molecule has 1 N–H and O–H groups in total. The van der Waals surface area contributed by atoms with Crippen LogP contribution in [0.2, 0.25) is 5.02 Å². The zero-order chi connectivity index (χ0) is 13.6. The molecule has 0 unspecified atom stereocenters. The van der Waals surface area contributed by atoms with Gasteiger partial charge in [0, 0.05) is 17.3 Å². The van der Waals surface area contributed by atoms with Crippen molar-refractivity contribution in [2.75, 3.05) is 11.9 Å². The minimum absolute atomic E-state index is 0.202. The smallest absolute Gasteiger partial charge is 0.0683 e. The Balaban J connectivity index is 2.30. The quantitative estimate of drug-likeness (QED) is 0.751. The molecule has 0 fully saturated rings. The van der Waals surface area contributed by atoms with Crippen LogP contribution < -0.4 is 5.32 Å². The average Bonchev–Trinajstić information content (AvgIpc) is 2.33. The van der Waals surface area contributed by atoms with Gasteiger partial charge in [0.05, 0.1) is 11.5 Å². The minimum Gasteiger partial charge on any atom is -0.385 e. The maximum absolute atomic E-state index is 8.92. The molecule has 0 saturated heterocycles. The summed E-state index contributed by atoms with van der Waals surface area (Å²) < 4.78 is 0. The topological polar surface area (TPSA) is 35.8 Å². The number of nitrogens with zero attached hydrogens (tertiary/aromatic N) is 1. The van der Waals surface area contributed by atoms with Gasteiger partial charge in [-0.15, -0.1) is 0 Å². The van der Waals surface area contributed by atoms with E-state index in [1.54, 1.807) is 0 Å². The Hall–Kier alpha value is -1.20. The molecule has 0 aliphatic heterocycles. The number of unbranched alkanes of at least 4 members (excludes halogenated alkanes) is 1. The molecular weight excluding hydrogens is 244 g/mol. The monoisotopic (exact) mass is 264 g/mol. The van der Waals surface area contributed by atoms with E-state index in [2.05, 4.69) is 18.3 Å². The first-order valence-corrected chi connectivity index (χ1v) is 6.74. The number of rotatable bonds is 6. The van der Waals surface area contributed by atoms with E-state index in [0.29, 0.717) is 0 Å². The Bertz CT molecular complexity index is 433. The van der Waals surface area contributed by atoms with Gasteiger partial charge in [-0.1, -0.05) is 24.1 Å². The van der Waals surface area contributed by atoms with Gasteiger partial charge < -0.3 is 5.32 Å². The van der Waals surface area contributed by atoms with Crippen molar-refractivity contribution >= 4 is 17.3 Å². The van der Waals surface area contributed by atoms with Crippen molar-refractivity contribution in [3.05, 3.63) is 28.8 Å². The molecule has 0 heterocycles. The normalized spacial score (nSPS) is 11.1. The first kappa shape index (κ1) is 14.9. The van der Waals surface area contributed by atoms with E-state index in [4.69, 9.17) is 16.9 Å². The Morgan fingerprint density at radius 2 is 2.06 bits per heavy atom. The molecule has 0 aromatic heterocycles. The van der Waals surface area contributed by atoms with Crippen LogP contribution in [0.1, 0.15) is 38.7 Å². The molecule has 98 valence electrons. The molecule has 1 aromatic rings. The number of benzene rings is 1. The number of nitriles is 1. The van der Waals surface area contributed by atoms with E-state index in [9.17, 15) is 0 Å². The number of hydrogen-bond donors (Lipinski definition) is 1. The summed E-state index contributed by atoms with van der Waals surface area (Å²) >= 11 is 5.96. The number of hydrogen-bond acceptors (Lipinski definition) is 2. The highest BCUT2D eigenvalue weighted by atomic mass is 35.5. The maximum Gasteiger partial charge on any atom is 0.0683 e. The SMILES string of the molecule is Cc1ccc(Cl)cc1NCCCCC(C)(C)C#N. The van der Waals surface area contributed by atoms with Crippen LogP contribution in [0.4, 0.5) is 5.69 Å². The second-order valence-electron chi connectivity index (χ2n) is 5.34. The summed E-state index contributed by atoms with van der Waals surface area (Å²) in [6.07, 6.45) is 3.07. The van der Waals surface area contributed by atoms with Gasteiger partial charge in [-0.25, -0.2) is 0 Å². The summed E-state index contributed by atoms with van der Waals surface area (Å²) in [5.41, 5.74) is 2.10. The van der Waals surface area contributed by atoms with Crippen LogP contribution in [-0.2, 0) is 0 Å². The first-order chi connectivity index (χ1) is 8.44. The van der Waals surface area contributed by atoms with Crippen LogP contribution in [-0.4, -0.2) is 6.54 Å². The molecule has 0 aliphatic rings. The fourth-order valence-electron chi connectivity index (χ4n) is 1.76. The lowest BCUT2D eigenvalue weighted by Gasteiger charge is -2.15. The molecular formula is C15H21ClN2. The number of halogens is 1. The van der Waals surface area contributed by atoms with E-state index >= 15 is 0 Å². The molecule has 1 aromatic carbocycles. The summed E-state index contributed by atoms with van der Waals surface area (Å²) in [5.74, 6) is 0. The van der Waals surface area contributed by atoms with Crippen LogP contribution in [0.5, 0.6) is 0 Å². The van der Waals surface area contributed by atoms with Crippen molar-refractivity contribution in [3.8, 4) is 6.07 Å². The van der Waals surface area contributed by atoms with Gasteiger partial charge >= 0.3 is 0 Å². The fraction of sp³-hybridized carbons (Fsp3) is 0.533. The third kappa shape index (κ3) is 4.98. The predicted octanol–water partition coefficient (Wildman–Crippen LogP) is 4.78. The summed E-state index contributed by atoms with van der Waals surface area (Å²) in [5, 5.41) is 13.1. The third-order valence-corrected chi connectivity index (χ3v) is 3.28. The molecule has 2 nitrogen and oxygen atoms in total. The summed E-state index contributed by atoms with van der Waals surface area (Å²) in [7, 11) is 0. The molecule has 3 heteroatoms. The Kier molecular flexibility index (Phi) is 5.50. The zero-order valence-corrected chi connectivity index (χ0v) is 12.1. The van der Waals surface area contributed by atoms with E-state index in [-0.39, 0.29) is 5.41 Å². The van der Waals surface area contributed by atoms with E-state index in [1.807, 2.05) is 32.0 Å². The van der Waals surface area contributed by atoms with Gasteiger partial charge in [-0.05, 0) is 51.3 Å². The molecule has 0 spiro atoms. The van der Waals surface area contributed by atoms with Crippen molar-refractivity contribution in [1.82, 2.24) is 0 Å². The van der Waals surface area contributed by atoms with Crippen molar-refractivity contribution in [2.24, 2.45) is 5.41 Å². The molecule has 0 bridgehead atoms. The summed E-state index contributed by atoms with van der Waals surface area (Å²) in [6.45, 7) is 6.96. The molecule has 0 aliphatic carbocycles. The van der Waals surface area contributed by atoms with Crippen LogP contribution in [0.3, 0.4) is 0 Å². The third-order valence-electron chi connectivity index (χ3n) is 3.05. The second kappa shape index (κ2) is 6.66. The van der Waals surface area contributed by atoms with Crippen molar-refractivity contribution < 1.29 is 0 Å². The Morgan fingerprint density at radius 3 is 2.72 bits per heavy atom. The van der Waals surface area contributed by atoms with Gasteiger partial charge in [-0.2, -0.15) is 5.26 Å². The highest BCUT2D eigenvalue weighted by molar-refractivity contribution is 6.30. The molecule has 18 heavy (non-hydrogen) atoms. The van der Waals surface area contributed by atoms with Gasteiger partial charge in [0.25, 0.3) is 0 Å². The molecule has 0 saturated carbocycles. The van der Waals surface area contributed by atoms with Crippen molar-refractivity contribution in [1.29, 1.82) is 5.26 Å². The standard InChI is InChI=1S/C15H21ClN2/c1-12-6-7-13(16)10-14(12)18-9-5-4-8-15(2,3)11-17/h6-7,10,18H,4-5,8-9H2,1-3H3. The van der Waals surface area contributed by atoms with Crippen LogP contribution in [0, 0.1) is 23.7 Å². The molecule has 0 amide bonds. The van der Waals surface area contributed by atoms with Crippen LogP contribution >= 0.6 is 11.6 Å². The number of nitrogens with one attached hydrogen (secondary N) is 1. The number of aryl methyl sites for hydroxylation is 1. The summed E-state index contributed by atoms with van der Waals surface area (Å²) in [6, 6.07) is 8.20. The average molecular weight is 265 g/mol. The lowest BCUT2D eigenvalue weighted by atomic mass is 9.89. The highest BCUT2D eigenvalue weighted by Crippen LogP contribution is 2.22. The van der Waals surface area contributed by atoms with E-state index in [1.165, 1.54) is 5.56 Å². The van der Waals surface area contributed by atoms with E-state index in [0.717, 1.165) is 36.5 Å². The fourth-order valence-corrected chi connectivity index (χ4v) is 1.93. The predicted molar refractivity (Wildman–Crippen MR) is 77.9 cm³/mol. The Labute approximate surface area is 115 Å². The minimum atomic E-state index is -0.202. The van der Waals surface area contributed by atoms with E-state index < -0.39 is 0 Å². The van der Waals surface area contributed by atoms with Crippen LogP contribution in [0.15, 0.2) is 18.2 Å². The summed E-state index contributed by atoms with van der Waals surface area (Å²) in [4.78, 5) is 0. The molecule has 0 radical (unpaired) electrons. The molecule has 0 atom stereocenters. The van der Waals surface area contributed by atoms with Gasteiger partial charge in [0.15, 0.2) is 0 Å².